The molecular formula is C14H15F2NO4. The van der Waals surface area contributed by atoms with E-state index < -0.39 is 40.9 Å². The molecule has 2 rings (SSSR count). The SMILES string of the molecule is N[C@@](CCc1cc(F)ccc1F)(C(=O)O)C1C[C@@H]1C(=O)O. The molecule has 0 aliphatic heterocycles. The summed E-state index contributed by atoms with van der Waals surface area (Å²) in [4.78, 5) is 22.2. The van der Waals surface area contributed by atoms with Gasteiger partial charge in [-0.3, -0.25) is 9.59 Å². The molecule has 1 saturated carbocycles. The number of aliphatic carboxylic acids is 2. The first-order valence-electron chi connectivity index (χ1n) is 6.44. The molecule has 114 valence electrons. The number of carbonyl (C=O) groups is 2. The van der Waals surface area contributed by atoms with Crippen LogP contribution in [0.15, 0.2) is 18.2 Å². The summed E-state index contributed by atoms with van der Waals surface area (Å²) < 4.78 is 26.6. The van der Waals surface area contributed by atoms with Crippen molar-refractivity contribution >= 4 is 11.9 Å². The van der Waals surface area contributed by atoms with Crippen LogP contribution in [0.2, 0.25) is 0 Å². The summed E-state index contributed by atoms with van der Waals surface area (Å²) in [5.41, 5.74) is 4.11. The Morgan fingerprint density at radius 2 is 2.00 bits per heavy atom. The molecule has 21 heavy (non-hydrogen) atoms. The van der Waals surface area contributed by atoms with Gasteiger partial charge in [0.25, 0.3) is 0 Å². The van der Waals surface area contributed by atoms with Crippen LogP contribution in [0.3, 0.4) is 0 Å². The number of carboxylic acid groups (broad SMARTS) is 2. The van der Waals surface area contributed by atoms with Crippen LogP contribution < -0.4 is 5.73 Å². The van der Waals surface area contributed by atoms with E-state index in [2.05, 4.69) is 0 Å². The van der Waals surface area contributed by atoms with Gasteiger partial charge in [-0.15, -0.1) is 0 Å². The van der Waals surface area contributed by atoms with Gasteiger partial charge >= 0.3 is 11.9 Å². The standard InChI is InChI=1S/C14H15F2NO4/c15-8-1-2-11(16)7(5-8)3-4-14(17,13(20)21)10-6-9(10)12(18)19/h1-2,5,9-10H,3-4,6,17H2,(H,18,19)(H,20,21)/t9-,10?,14+/m0/s1. The number of benzene rings is 1. The van der Waals surface area contributed by atoms with Gasteiger partial charge in [0.15, 0.2) is 0 Å². The van der Waals surface area contributed by atoms with Gasteiger partial charge in [-0.05, 0) is 43.0 Å². The highest BCUT2D eigenvalue weighted by atomic mass is 19.1. The Labute approximate surface area is 119 Å². The van der Waals surface area contributed by atoms with Crippen molar-refractivity contribution in [3.8, 4) is 0 Å². The Kier molecular flexibility index (Phi) is 3.95. The van der Waals surface area contributed by atoms with Crippen molar-refractivity contribution in [2.45, 2.75) is 24.8 Å². The van der Waals surface area contributed by atoms with Gasteiger partial charge in [-0.25, -0.2) is 8.78 Å². The number of nitrogens with two attached hydrogens (primary N) is 1. The largest absolute Gasteiger partial charge is 0.481 e. The average molecular weight is 299 g/mol. The van der Waals surface area contributed by atoms with Crippen LogP contribution in [0.25, 0.3) is 0 Å². The minimum absolute atomic E-state index is 0.0265. The van der Waals surface area contributed by atoms with Crippen LogP contribution in [0.1, 0.15) is 18.4 Å². The molecule has 0 spiro atoms. The van der Waals surface area contributed by atoms with Crippen LogP contribution in [0.4, 0.5) is 8.78 Å². The van der Waals surface area contributed by atoms with Crippen molar-refractivity contribution in [2.24, 2.45) is 17.6 Å². The van der Waals surface area contributed by atoms with Gasteiger partial charge in [0.1, 0.15) is 17.2 Å². The summed E-state index contributed by atoms with van der Waals surface area (Å²) in [6.07, 6.45) is -0.0455. The number of halogens is 2. The zero-order valence-electron chi connectivity index (χ0n) is 11.1. The lowest BCUT2D eigenvalue weighted by Crippen LogP contribution is -2.51. The molecule has 1 aromatic rings. The van der Waals surface area contributed by atoms with E-state index in [1.807, 2.05) is 0 Å². The molecule has 1 aliphatic carbocycles. The Morgan fingerprint density at radius 3 is 2.52 bits per heavy atom. The van der Waals surface area contributed by atoms with E-state index in [1.165, 1.54) is 0 Å². The van der Waals surface area contributed by atoms with Crippen LogP contribution in [-0.2, 0) is 16.0 Å². The molecule has 0 bridgehead atoms. The Balaban J connectivity index is 2.13. The summed E-state index contributed by atoms with van der Waals surface area (Å²) in [7, 11) is 0. The topological polar surface area (TPSA) is 101 Å². The van der Waals surface area contributed by atoms with E-state index in [4.69, 9.17) is 10.8 Å². The van der Waals surface area contributed by atoms with Gasteiger partial charge in [-0.1, -0.05) is 0 Å². The highest BCUT2D eigenvalue weighted by Gasteiger charge is 2.58. The second-order valence-corrected chi connectivity index (χ2v) is 5.37. The summed E-state index contributed by atoms with van der Waals surface area (Å²) >= 11 is 0. The number of hydrogen-bond donors (Lipinski definition) is 3. The maximum Gasteiger partial charge on any atom is 0.324 e. The first-order valence-corrected chi connectivity index (χ1v) is 6.44. The minimum Gasteiger partial charge on any atom is -0.481 e. The molecule has 1 unspecified atom stereocenters. The Morgan fingerprint density at radius 1 is 1.33 bits per heavy atom. The van der Waals surface area contributed by atoms with E-state index in [9.17, 15) is 23.5 Å². The van der Waals surface area contributed by atoms with E-state index in [-0.39, 0.29) is 24.8 Å². The predicted octanol–water partition coefficient (Wildman–Crippen LogP) is 1.40. The first kappa shape index (κ1) is 15.4. The fraction of sp³-hybridized carbons (Fsp3) is 0.429. The number of rotatable bonds is 6. The molecule has 3 atom stereocenters. The summed E-state index contributed by atoms with van der Waals surface area (Å²) in [6, 6.07) is 2.91. The van der Waals surface area contributed by atoms with Crippen molar-refractivity contribution in [1.29, 1.82) is 0 Å². The van der Waals surface area contributed by atoms with Gasteiger partial charge in [0.2, 0.25) is 0 Å². The number of aryl methyl sites for hydroxylation is 1. The highest BCUT2D eigenvalue weighted by Crippen LogP contribution is 2.47. The highest BCUT2D eigenvalue weighted by molar-refractivity contribution is 5.83. The van der Waals surface area contributed by atoms with Crippen LogP contribution in [0, 0.1) is 23.5 Å². The predicted molar refractivity (Wildman–Crippen MR) is 68.5 cm³/mol. The molecule has 0 aromatic heterocycles. The number of carboxylic acids is 2. The van der Waals surface area contributed by atoms with Crippen LogP contribution in [0.5, 0.6) is 0 Å². The van der Waals surface area contributed by atoms with E-state index in [0.29, 0.717) is 0 Å². The zero-order valence-corrected chi connectivity index (χ0v) is 11.1. The van der Waals surface area contributed by atoms with E-state index >= 15 is 0 Å². The number of hydrogen-bond acceptors (Lipinski definition) is 3. The molecule has 7 heteroatoms. The summed E-state index contributed by atoms with van der Waals surface area (Å²) in [5.74, 6) is -5.16. The summed E-state index contributed by atoms with van der Waals surface area (Å²) in [5, 5.41) is 18.1. The second-order valence-electron chi connectivity index (χ2n) is 5.37. The maximum atomic E-state index is 13.5. The third kappa shape index (κ3) is 3.02. The van der Waals surface area contributed by atoms with E-state index in [0.717, 1.165) is 18.2 Å². The Bertz CT molecular complexity index is 592. The van der Waals surface area contributed by atoms with Crippen LogP contribution in [-0.4, -0.2) is 27.7 Å². The minimum atomic E-state index is -1.75. The molecular weight excluding hydrogens is 284 g/mol. The molecule has 0 radical (unpaired) electrons. The molecule has 0 saturated heterocycles. The van der Waals surface area contributed by atoms with Crippen molar-refractivity contribution < 1.29 is 28.6 Å². The molecule has 1 aliphatic rings. The fourth-order valence-electron chi connectivity index (χ4n) is 2.56. The zero-order chi connectivity index (χ0) is 15.8. The van der Waals surface area contributed by atoms with Gasteiger partial charge in [0.05, 0.1) is 5.92 Å². The molecule has 0 heterocycles. The lowest BCUT2D eigenvalue weighted by atomic mass is 9.86. The molecule has 1 aromatic carbocycles. The normalized spacial score (nSPS) is 23.4. The van der Waals surface area contributed by atoms with Gasteiger partial charge in [-0.2, -0.15) is 0 Å². The average Bonchev–Trinajstić information content (AvgIpc) is 3.20. The van der Waals surface area contributed by atoms with E-state index in [1.54, 1.807) is 0 Å². The van der Waals surface area contributed by atoms with Crippen molar-refractivity contribution in [3.05, 3.63) is 35.4 Å². The second kappa shape index (κ2) is 5.40. The lowest BCUT2D eigenvalue weighted by Gasteiger charge is -2.25. The summed E-state index contributed by atoms with van der Waals surface area (Å²) in [6.45, 7) is 0. The Hall–Kier alpha value is -2.02. The third-order valence-electron chi connectivity index (χ3n) is 3.98. The van der Waals surface area contributed by atoms with Crippen molar-refractivity contribution in [3.63, 3.8) is 0 Å². The first-order chi connectivity index (χ1) is 9.75. The van der Waals surface area contributed by atoms with Gasteiger partial charge in [0, 0.05) is 5.92 Å². The molecule has 4 N–H and O–H groups in total. The quantitative estimate of drug-likeness (QED) is 0.737. The fourth-order valence-corrected chi connectivity index (χ4v) is 2.56. The van der Waals surface area contributed by atoms with Crippen molar-refractivity contribution in [1.82, 2.24) is 0 Å². The van der Waals surface area contributed by atoms with Crippen LogP contribution >= 0.6 is 0 Å². The smallest absolute Gasteiger partial charge is 0.324 e. The monoisotopic (exact) mass is 299 g/mol. The van der Waals surface area contributed by atoms with Crippen molar-refractivity contribution in [2.75, 3.05) is 0 Å². The molecule has 1 fully saturated rings. The molecule has 5 nitrogen and oxygen atoms in total. The third-order valence-corrected chi connectivity index (χ3v) is 3.98. The lowest BCUT2D eigenvalue weighted by molar-refractivity contribution is -0.145. The maximum absolute atomic E-state index is 13.5. The molecule has 0 amide bonds. The van der Waals surface area contributed by atoms with Gasteiger partial charge < -0.3 is 15.9 Å².